The molecular weight excluding hydrogens is 581 g/mol. The maximum Gasteiger partial charge on any atom is 0.181 e. The minimum Gasteiger partial charge on any atom is -0.453 e. The lowest BCUT2D eigenvalue weighted by Crippen LogP contribution is -1.97. The van der Waals surface area contributed by atoms with Gasteiger partial charge >= 0.3 is 0 Å². The van der Waals surface area contributed by atoms with Gasteiger partial charge in [0.25, 0.3) is 0 Å². The summed E-state index contributed by atoms with van der Waals surface area (Å²) in [7, 11) is 0. The third-order valence-corrected chi connectivity index (χ3v) is 11.1. The average molecular weight is 597 g/mol. The lowest BCUT2D eigenvalue weighted by atomic mass is 10.0. The zero-order chi connectivity index (χ0) is 25.8. The summed E-state index contributed by atoms with van der Waals surface area (Å²) in [6, 6.07) is 28.5. The van der Waals surface area contributed by atoms with Gasteiger partial charge in [-0.05, 0) is 59.3 Å². The number of fused-ring (bicyclic) bond motifs is 3. The van der Waals surface area contributed by atoms with E-state index >= 15 is 0 Å². The Kier molecular flexibility index (Phi) is 5.70. The molecule has 39 heavy (non-hydrogen) atoms. The lowest BCUT2D eigenvalue weighted by Gasteiger charge is -2.19. The highest BCUT2D eigenvalue weighted by Crippen LogP contribution is 2.56. The summed E-state index contributed by atoms with van der Waals surface area (Å²) in [4.78, 5) is 2.16. The molecule has 5 heterocycles. The van der Waals surface area contributed by atoms with E-state index in [0.29, 0.717) is 11.5 Å². The number of ether oxygens (including phenoxy) is 2. The molecule has 4 nitrogen and oxygen atoms in total. The van der Waals surface area contributed by atoms with Crippen LogP contribution in [0, 0.1) is 0 Å². The molecule has 0 aliphatic carbocycles. The summed E-state index contributed by atoms with van der Waals surface area (Å²) < 4.78 is 28.2. The highest BCUT2D eigenvalue weighted by atomic mass is 32.1. The summed E-state index contributed by atoms with van der Waals surface area (Å²) in [6.07, 6.45) is 0. The quantitative estimate of drug-likeness (QED) is 0.191. The minimum atomic E-state index is 0.644. The van der Waals surface area contributed by atoms with Crippen LogP contribution in [0.1, 0.15) is 0 Å². The topological polar surface area (TPSA) is 44.2 Å². The Balaban J connectivity index is 1.48. The van der Waals surface area contributed by atoms with Crippen LogP contribution in [0.25, 0.3) is 50.7 Å². The van der Waals surface area contributed by atoms with Crippen LogP contribution in [0.5, 0.6) is 23.0 Å². The number of hydrogen-bond donors (Lipinski definition) is 0. The SMILES string of the molecule is c1ccc(Oc2c(Oc3ccccc3)c(-c3cc4sccc4s3)c3nsnc3c2-c2cc3sccc3s2)cc1. The first kappa shape index (κ1) is 23.3. The van der Waals surface area contributed by atoms with Gasteiger partial charge < -0.3 is 9.47 Å². The van der Waals surface area contributed by atoms with E-state index in [1.807, 2.05) is 60.7 Å². The second-order valence-electron chi connectivity index (χ2n) is 8.72. The molecule has 0 radical (unpaired) electrons. The van der Waals surface area contributed by atoms with Gasteiger partial charge in [-0.3, -0.25) is 0 Å². The van der Waals surface area contributed by atoms with Crippen molar-refractivity contribution in [2.45, 2.75) is 0 Å². The van der Waals surface area contributed by atoms with Crippen molar-refractivity contribution in [3.8, 4) is 43.9 Å². The third-order valence-electron chi connectivity index (χ3n) is 6.32. The van der Waals surface area contributed by atoms with Crippen molar-refractivity contribution in [2.24, 2.45) is 0 Å². The van der Waals surface area contributed by atoms with Gasteiger partial charge in [-0.15, -0.1) is 45.3 Å². The largest absolute Gasteiger partial charge is 0.453 e. The number of nitrogens with zero attached hydrogens (tertiary/aromatic N) is 2. The Morgan fingerprint density at radius 1 is 0.513 bits per heavy atom. The van der Waals surface area contributed by atoms with E-state index in [9.17, 15) is 0 Å². The van der Waals surface area contributed by atoms with Gasteiger partial charge in [0.05, 0.1) is 22.9 Å². The van der Waals surface area contributed by atoms with E-state index in [-0.39, 0.29) is 0 Å². The normalized spacial score (nSPS) is 11.6. The molecular formula is C30H16N2O2S5. The molecule has 188 valence electrons. The van der Waals surface area contributed by atoms with Gasteiger partial charge in [0.2, 0.25) is 0 Å². The summed E-state index contributed by atoms with van der Waals surface area (Å²) in [5.41, 5.74) is 3.46. The first-order valence-electron chi connectivity index (χ1n) is 12.0. The molecule has 0 fully saturated rings. The van der Waals surface area contributed by atoms with Crippen LogP contribution < -0.4 is 9.47 Å². The van der Waals surface area contributed by atoms with Crippen LogP contribution in [0.3, 0.4) is 0 Å². The molecule has 0 aliphatic rings. The van der Waals surface area contributed by atoms with Crippen molar-refractivity contribution in [2.75, 3.05) is 0 Å². The zero-order valence-corrected chi connectivity index (χ0v) is 24.1. The number of benzene rings is 3. The zero-order valence-electron chi connectivity index (χ0n) is 20.0. The first-order valence-corrected chi connectivity index (χ1v) is 16.2. The number of thiophene rings is 4. The standard InChI is InChI=1S/C30H16N2O2S5/c1-3-7-17(8-4-1)33-29-25(23-15-21-19(37-23)11-13-35-21)27-28(32-39-31-27)26(24-16-22-20(38-24)12-14-36-22)30(29)34-18-9-5-2-6-10-18/h1-16H. The Hall–Kier alpha value is -3.60. The van der Waals surface area contributed by atoms with Crippen LogP contribution in [0.4, 0.5) is 0 Å². The van der Waals surface area contributed by atoms with Gasteiger partial charge in [0.1, 0.15) is 22.5 Å². The molecule has 5 aromatic heterocycles. The molecule has 0 saturated heterocycles. The lowest BCUT2D eigenvalue weighted by molar-refractivity contribution is 0.422. The molecule has 0 amide bonds. The molecule has 3 aromatic carbocycles. The number of para-hydroxylation sites is 2. The van der Waals surface area contributed by atoms with E-state index < -0.39 is 0 Å². The van der Waals surface area contributed by atoms with Crippen LogP contribution in [-0.4, -0.2) is 8.75 Å². The Bertz CT molecular complexity index is 1880. The second kappa shape index (κ2) is 9.55. The highest BCUT2D eigenvalue weighted by molar-refractivity contribution is 7.29. The van der Waals surface area contributed by atoms with E-state index in [0.717, 1.165) is 43.4 Å². The maximum atomic E-state index is 6.76. The van der Waals surface area contributed by atoms with E-state index in [1.54, 1.807) is 45.3 Å². The Morgan fingerprint density at radius 3 is 1.41 bits per heavy atom. The van der Waals surface area contributed by atoms with Crippen molar-refractivity contribution in [3.63, 3.8) is 0 Å². The molecule has 0 saturated carbocycles. The fourth-order valence-electron chi connectivity index (χ4n) is 4.60. The molecule has 0 unspecified atom stereocenters. The molecule has 0 aliphatic heterocycles. The average Bonchev–Trinajstić information content (AvgIpc) is 3.77. The van der Waals surface area contributed by atoms with Gasteiger partial charge in [-0.2, -0.15) is 8.75 Å². The van der Waals surface area contributed by atoms with Gasteiger partial charge in [-0.1, -0.05) is 36.4 Å². The Labute approximate surface area is 243 Å². The summed E-state index contributed by atoms with van der Waals surface area (Å²) in [5, 5.41) is 4.25. The predicted octanol–water partition coefficient (Wildman–Crippen LogP) is 11.2. The van der Waals surface area contributed by atoms with Crippen LogP contribution in [0.15, 0.2) is 95.7 Å². The Morgan fingerprint density at radius 2 is 0.974 bits per heavy atom. The fourth-order valence-corrected chi connectivity index (χ4v) is 9.46. The smallest absolute Gasteiger partial charge is 0.181 e. The van der Waals surface area contributed by atoms with Crippen LogP contribution in [-0.2, 0) is 0 Å². The summed E-state index contributed by atoms with van der Waals surface area (Å²) in [6.45, 7) is 0. The van der Waals surface area contributed by atoms with E-state index in [4.69, 9.17) is 18.2 Å². The number of hydrogen-bond acceptors (Lipinski definition) is 9. The number of aromatic nitrogens is 2. The molecule has 0 spiro atoms. The van der Waals surface area contributed by atoms with Crippen LogP contribution in [0.2, 0.25) is 0 Å². The van der Waals surface area contributed by atoms with Crippen molar-refractivity contribution in [1.82, 2.24) is 8.75 Å². The first-order chi connectivity index (χ1) is 19.3. The molecule has 8 rings (SSSR count). The molecule has 0 atom stereocenters. The van der Waals surface area contributed by atoms with E-state index in [1.165, 1.54) is 30.5 Å². The van der Waals surface area contributed by atoms with Gasteiger partial charge in [0, 0.05) is 28.6 Å². The monoisotopic (exact) mass is 596 g/mol. The highest BCUT2D eigenvalue weighted by Gasteiger charge is 2.30. The molecule has 9 heteroatoms. The van der Waals surface area contributed by atoms with Gasteiger partial charge in [-0.25, -0.2) is 0 Å². The van der Waals surface area contributed by atoms with Crippen molar-refractivity contribution in [1.29, 1.82) is 0 Å². The fraction of sp³-hybridized carbons (Fsp3) is 0. The molecule has 0 bridgehead atoms. The third kappa shape index (κ3) is 4.05. The maximum absolute atomic E-state index is 6.76. The predicted molar refractivity (Wildman–Crippen MR) is 168 cm³/mol. The second-order valence-corrected chi connectivity index (χ2v) is 13.3. The minimum absolute atomic E-state index is 0.644. The van der Waals surface area contributed by atoms with Crippen molar-refractivity contribution in [3.05, 3.63) is 95.7 Å². The summed E-state index contributed by atoms with van der Waals surface area (Å²) >= 11 is 8.17. The molecule has 8 aromatic rings. The summed E-state index contributed by atoms with van der Waals surface area (Å²) in [5.74, 6) is 2.75. The number of rotatable bonds is 6. The molecule has 0 N–H and O–H groups in total. The van der Waals surface area contributed by atoms with E-state index in [2.05, 4.69) is 35.0 Å². The van der Waals surface area contributed by atoms with Crippen molar-refractivity contribution < 1.29 is 9.47 Å². The van der Waals surface area contributed by atoms with Crippen molar-refractivity contribution >= 4 is 86.9 Å². The van der Waals surface area contributed by atoms with Gasteiger partial charge in [0.15, 0.2) is 11.5 Å². The van der Waals surface area contributed by atoms with Crippen LogP contribution >= 0.6 is 57.1 Å².